The third-order valence-corrected chi connectivity index (χ3v) is 5.37. The largest absolute Gasteiger partial charge is 0.388 e. The SMILES string of the molecule is C[C@H]1O[C@@H](n2cc(-c3ccccc3)c3c(Nc4cccnc4)ncnc32)[C@@H](O)[C@H]1O. The van der Waals surface area contributed by atoms with Crippen LogP contribution in [0.25, 0.3) is 22.2 Å². The maximum atomic E-state index is 10.6. The molecule has 4 aromatic rings. The molecular formula is C22H21N5O3. The van der Waals surface area contributed by atoms with Crippen molar-refractivity contribution in [3.8, 4) is 11.1 Å². The van der Waals surface area contributed by atoms with Gasteiger partial charge in [0.1, 0.15) is 30.0 Å². The number of hydrogen-bond donors (Lipinski definition) is 3. The third kappa shape index (κ3) is 3.11. The zero-order valence-corrected chi connectivity index (χ0v) is 16.3. The van der Waals surface area contributed by atoms with Crippen molar-refractivity contribution in [3.63, 3.8) is 0 Å². The summed E-state index contributed by atoms with van der Waals surface area (Å²) in [6, 6.07) is 13.6. The van der Waals surface area contributed by atoms with Crippen LogP contribution in [-0.2, 0) is 4.74 Å². The molecular weight excluding hydrogens is 382 g/mol. The monoisotopic (exact) mass is 403 g/mol. The number of aliphatic hydroxyl groups is 2. The lowest BCUT2D eigenvalue weighted by Gasteiger charge is -2.17. The highest BCUT2D eigenvalue weighted by Gasteiger charge is 2.42. The number of benzene rings is 1. The Morgan fingerprint density at radius 3 is 2.57 bits per heavy atom. The van der Waals surface area contributed by atoms with Gasteiger partial charge in [0.15, 0.2) is 6.23 Å². The second-order valence-corrected chi connectivity index (χ2v) is 7.32. The van der Waals surface area contributed by atoms with Gasteiger partial charge in [-0.3, -0.25) is 4.98 Å². The number of anilines is 2. The van der Waals surface area contributed by atoms with E-state index >= 15 is 0 Å². The smallest absolute Gasteiger partial charge is 0.164 e. The molecule has 152 valence electrons. The van der Waals surface area contributed by atoms with Gasteiger partial charge in [-0.2, -0.15) is 0 Å². The van der Waals surface area contributed by atoms with Crippen LogP contribution in [0.4, 0.5) is 11.5 Å². The summed E-state index contributed by atoms with van der Waals surface area (Å²) in [5.41, 5.74) is 3.26. The molecule has 4 heterocycles. The van der Waals surface area contributed by atoms with Crippen molar-refractivity contribution in [2.45, 2.75) is 31.5 Å². The number of fused-ring (bicyclic) bond motifs is 1. The number of nitrogens with one attached hydrogen (secondary N) is 1. The van der Waals surface area contributed by atoms with Crippen molar-refractivity contribution in [2.75, 3.05) is 5.32 Å². The lowest BCUT2D eigenvalue weighted by Crippen LogP contribution is -2.30. The molecule has 0 saturated carbocycles. The minimum atomic E-state index is -1.07. The molecule has 3 aromatic heterocycles. The molecule has 5 rings (SSSR count). The zero-order chi connectivity index (χ0) is 20.7. The van der Waals surface area contributed by atoms with E-state index in [0.29, 0.717) is 11.5 Å². The summed E-state index contributed by atoms with van der Waals surface area (Å²) in [5.74, 6) is 0.617. The minimum Gasteiger partial charge on any atom is -0.388 e. The van der Waals surface area contributed by atoms with Gasteiger partial charge in [0, 0.05) is 18.0 Å². The molecule has 3 N–H and O–H groups in total. The quantitative estimate of drug-likeness (QED) is 0.481. The van der Waals surface area contributed by atoms with E-state index in [0.717, 1.165) is 22.2 Å². The third-order valence-electron chi connectivity index (χ3n) is 5.37. The van der Waals surface area contributed by atoms with Crippen molar-refractivity contribution in [3.05, 3.63) is 67.4 Å². The van der Waals surface area contributed by atoms with Gasteiger partial charge in [0.25, 0.3) is 0 Å². The Morgan fingerprint density at radius 1 is 1.03 bits per heavy atom. The van der Waals surface area contributed by atoms with Crippen molar-refractivity contribution in [1.29, 1.82) is 0 Å². The molecule has 0 unspecified atom stereocenters. The van der Waals surface area contributed by atoms with Crippen LogP contribution in [0.5, 0.6) is 0 Å². The van der Waals surface area contributed by atoms with Crippen LogP contribution in [0.15, 0.2) is 67.4 Å². The fourth-order valence-electron chi connectivity index (χ4n) is 3.84. The molecule has 4 atom stereocenters. The second-order valence-electron chi connectivity index (χ2n) is 7.32. The molecule has 1 aliphatic heterocycles. The summed E-state index contributed by atoms with van der Waals surface area (Å²) in [4.78, 5) is 13.1. The number of ether oxygens (including phenoxy) is 1. The number of rotatable bonds is 4. The van der Waals surface area contributed by atoms with Gasteiger partial charge in [-0.15, -0.1) is 0 Å². The van der Waals surface area contributed by atoms with Gasteiger partial charge in [0.05, 0.1) is 23.4 Å². The number of nitrogens with zero attached hydrogens (tertiary/aromatic N) is 4. The van der Waals surface area contributed by atoms with E-state index in [9.17, 15) is 10.2 Å². The lowest BCUT2D eigenvalue weighted by molar-refractivity contribution is -0.0295. The van der Waals surface area contributed by atoms with Crippen molar-refractivity contribution >= 4 is 22.5 Å². The maximum Gasteiger partial charge on any atom is 0.164 e. The van der Waals surface area contributed by atoms with E-state index in [2.05, 4.69) is 20.3 Å². The van der Waals surface area contributed by atoms with Crippen LogP contribution >= 0.6 is 0 Å². The highest BCUT2D eigenvalue weighted by atomic mass is 16.6. The summed E-state index contributed by atoms with van der Waals surface area (Å²) in [6.07, 6.45) is 3.50. The Morgan fingerprint density at radius 2 is 1.87 bits per heavy atom. The molecule has 1 fully saturated rings. The molecule has 1 aromatic carbocycles. The first-order chi connectivity index (χ1) is 14.6. The minimum absolute atomic E-state index is 0.488. The van der Waals surface area contributed by atoms with E-state index in [1.165, 1.54) is 6.33 Å². The maximum absolute atomic E-state index is 10.6. The highest BCUT2D eigenvalue weighted by Crippen LogP contribution is 2.39. The summed E-state index contributed by atoms with van der Waals surface area (Å²) in [6.45, 7) is 1.74. The highest BCUT2D eigenvalue weighted by molar-refractivity contribution is 6.02. The lowest BCUT2D eigenvalue weighted by atomic mass is 10.1. The van der Waals surface area contributed by atoms with Crippen LogP contribution in [0.2, 0.25) is 0 Å². The van der Waals surface area contributed by atoms with Crippen LogP contribution in [0, 0.1) is 0 Å². The molecule has 0 radical (unpaired) electrons. The molecule has 0 amide bonds. The van der Waals surface area contributed by atoms with Gasteiger partial charge < -0.3 is 24.8 Å². The van der Waals surface area contributed by atoms with Gasteiger partial charge in [-0.1, -0.05) is 30.3 Å². The topological polar surface area (TPSA) is 105 Å². The van der Waals surface area contributed by atoms with Crippen LogP contribution < -0.4 is 5.32 Å². The van der Waals surface area contributed by atoms with Gasteiger partial charge in [-0.05, 0) is 24.6 Å². The fraction of sp³-hybridized carbons (Fsp3) is 0.227. The fourth-order valence-corrected chi connectivity index (χ4v) is 3.84. The second kappa shape index (κ2) is 7.49. The summed E-state index contributed by atoms with van der Waals surface area (Å²) in [5, 5.41) is 24.9. The van der Waals surface area contributed by atoms with E-state index in [1.807, 2.05) is 48.7 Å². The Labute approximate surface area is 172 Å². The number of aliphatic hydroxyl groups excluding tert-OH is 2. The van der Waals surface area contributed by atoms with Crippen LogP contribution in [0.3, 0.4) is 0 Å². The van der Waals surface area contributed by atoms with E-state index in [-0.39, 0.29) is 0 Å². The standard InChI is InChI=1S/C22H21N5O3/c1-13-18(28)19(29)22(30-13)27-11-16(14-6-3-2-4-7-14)17-20(24-12-25-21(17)27)26-15-8-5-9-23-10-15/h2-13,18-19,22,28-29H,1H3,(H,24,25,26)/t13-,18+,19+,22-/m1/s1. The van der Waals surface area contributed by atoms with Gasteiger partial charge in [-0.25, -0.2) is 9.97 Å². The van der Waals surface area contributed by atoms with Crippen molar-refractivity contribution in [2.24, 2.45) is 0 Å². The molecule has 30 heavy (non-hydrogen) atoms. The number of hydrogen-bond acceptors (Lipinski definition) is 7. The van der Waals surface area contributed by atoms with E-state index in [4.69, 9.17) is 4.74 Å². The molecule has 0 aliphatic carbocycles. The Balaban J connectivity index is 1.70. The Hall–Kier alpha value is -3.33. The molecule has 8 heteroatoms. The molecule has 0 bridgehead atoms. The summed E-state index contributed by atoms with van der Waals surface area (Å²) in [7, 11) is 0. The predicted molar refractivity (Wildman–Crippen MR) is 112 cm³/mol. The first-order valence-corrected chi connectivity index (χ1v) is 9.73. The molecule has 1 aliphatic rings. The van der Waals surface area contributed by atoms with Gasteiger partial charge in [0.2, 0.25) is 0 Å². The summed E-state index contributed by atoms with van der Waals surface area (Å²) >= 11 is 0. The van der Waals surface area contributed by atoms with Crippen molar-refractivity contribution in [1.82, 2.24) is 19.5 Å². The van der Waals surface area contributed by atoms with Crippen molar-refractivity contribution < 1.29 is 14.9 Å². The van der Waals surface area contributed by atoms with Gasteiger partial charge >= 0.3 is 0 Å². The predicted octanol–water partition coefficient (Wildman–Crippen LogP) is 2.88. The van der Waals surface area contributed by atoms with Crippen LogP contribution in [0.1, 0.15) is 13.2 Å². The molecule has 8 nitrogen and oxygen atoms in total. The molecule has 0 spiro atoms. The average molecular weight is 403 g/mol. The molecule has 1 saturated heterocycles. The van der Waals surface area contributed by atoms with E-state index in [1.54, 1.807) is 23.9 Å². The zero-order valence-electron chi connectivity index (χ0n) is 16.3. The Kier molecular flexibility index (Phi) is 4.66. The number of pyridine rings is 1. The first kappa shape index (κ1) is 18.7. The van der Waals surface area contributed by atoms with Crippen LogP contribution in [-0.4, -0.2) is 48.0 Å². The summed E-state index contributed by atoms with van der Waals surface area (Å²) < 4.78 is 7.63. The first-order valence-electron chi connectivity index (χ1n) is 9.73. The normalized spacial score (nSPS) is 23.7. The Bertz CT molecular complexity index is 1170. The number of aromatic nitrogens is 4. The average Bonchev–Trinajstić information content (AvgIpc) is 3.29. The van der Waals surface area contributed by atoms with E-state index < -0.39 is 24.5 Å².